The van der Waals surface area contributed by atoms with Gasteiger partial charge in [-0.15, -0.1) is 0 Å². The van der Waals surface area contributed by atoms with E-state index in [0.29, 0.717) is 30.6 Å². The fraction of sp³-hybridized carbons (Fsp3) is 0.421. The van der Waals surface area contributed by atoms with Crippen molar-refractivity contribution in [3.63, 3.8) is 0 Å². The Morgan fingerprint density at radius 3 is 2.67 bits per heavy atom. The zero-order valence-corrected chi connectivity index (χ0v) is 16.4. The van der Waals surface area contributed by atoms with Crippen LogP contribution in [0.3, 0.4) is 0 Å². The lowest BCUT2D eigenvalue weighted by atomic mass is 10.0. The summed E-state index contributed by atoms with van der Waals surface area (Å²) in [6, 6.07) is 10.7. The molecule has 1 aromatic carbocycles. The van der Waals surface area contributed by atoms with Crippen LogP contribution < -0.4 is 14.2 Å². The van der Waals surface area contributed by atoms with Crippen molar-refractivity contribution in [2.75, 3.05) is 20.2 Å². The fourth-order valence-corrected chi connectivity index (χ4v) is 4.36. The second-order valence-electron chi connectivity index (χ2n) is 6.71. The Kier molecular flexibility index (Phi) is 6.30. The largest absolute Gasteiger partial charge is 0.497 e. The second-order valence-corrected chi connectivity index (χ2v) is 8.47. The zero-order chi connectivity index (χ0) is 19.3. The van der Waals surface area contributed by atoms with Gasteiger partial charge in [-0.25, -0.2) is 4.98 Å². The number of piperidine rings is 1. The number of pyridine rings is 1. The lowest BCUT2D eigenvalue weighted by Gasteiger charge is -2.29. The van der Waals surface area contributed by atoms with Gasteiger partial charge in [0.2, 0.25) is 5.88 Å². The van der Waals surface area contributed by atoms with Gasteiger partial charge in [-0.3, -0.25) is 0 Å². The molecule has 0 radical (unpaired) electrons. The fourth-order valence-electron chi connectivity index (χ4n) is 3.01. The van der Waals surface area contributed by atoms with Crippen molar-refractivity contribution >= 4 is 10.2 Å². The molecule has 0 amide bonds. The average molecular weight is 391 g/mol. The van der Waals surface area contributed by atoms with Gasteiger partial charge in [0.25, 0.3) is 10.2 Å². The van der Waals surface area contributed by atoms with Crippen LogP contribution in [-0.2, 0) is 16.8 Å². The molecule has 8 heteroatoms. The van der Waals surface area contributed by atoms with Gasteiger partial charge in [-0.2, -0.15) is 17.4 Å². The van der Waals surface area contributed by atoms with Crippen LogP contribution in [0.2, 0.25) is 0 Å². The highest BCUT2D eigenvalue weighted by Gasteiger charge is 2.26. The number of hydrogen-bond donors (Lipinski definition) is 1. The molecule has 1 aliphatic rings. The number of benzene rings is 1. The molecule has 1 fully saturated rings. The van der Waals surface area contributed by atoms with E-state index in [2.05, 4.69) is 16.6 Å². The summed E-state index contributed by atoms with van der Waals surface area (Å²) in [5, 5.41) is 0. The molecule has 2 aromatic rings. The van der Waals surface area contributed by atoms with Gasteiger partial charge >= 0.3 is 0 Å². The average Bonchev–Trinajstić information content (AvgIpc) is 2.67. The van der Waals surface area contributed by atoms with Crippen molar-refractivity contribution in [2.24, 2.45) is 5.92 Å². The minimum atomic E-state index is -3.49. The van der Waals surface area contributed by atoms with E-state index in [9.17, 15) is 8.42 Å². The zero-order valence-electron chi connectivity index (χ0n) is 15.6. The molecular weight excluding hydrogens is 366 g/mol. The van der Waals surface area contributed by atoms with Gasteiger partial charge in [-0.1, -0.05) is 6.92 Å². The summed E-state index contributed by atoms with van der Waals surface area (Å²) >= 11 is 0. The van der Waals surface area contributed by atoms with Crippen molar-refractivity contribution in [3.8, 4) is 17.4 Å². The van der Waals surface area contributed by atoms with E-state index in [4.69, 9.17) is 9.47 Å². The minimum Gasteiger partial charge on any atom is -0.497 e. The standard InChI is InChI=1S/C19H25N3O4S/c1-15-4-3-11-22(14-15)27(23,24)21-13-16-9-10-20-19(12-16)26-18-7-5-17(25-2)6-8-18/h5-10,12,15,21H,3-4,11,13-14H2,1-2H3/t15-/m0/s1. The Morgan fingerprint density at radius 1 is 1.22 bits per heavy atom. The molecule has 0 saturated carbocycles. The maximum absolute atomic E-state index is 12.5. The number of nitrogens with zero attached hydrogens (tertiary/aromatic N) is 2. The van der Waals surface area contributed by atoms with Crippen LogP contribution >= 0.6 is 0 Å². The molecule has 1 N–H and O–H groups in total. The number of ether oxygens (including phenoxy) is 2. The van der Waals surface area contributed by atoms with E-state index in [1.165, 1.54) is 4.31 Å². The molecule has 1 aromatic heterocycles. The summed E-state index contributed by atoms with van der Waals surface area (Å²) in [4.78, 5) is 4.18. The maximum atomic E-state index is 12.5. The molecule has 0 unspecified atom stereocenters. The van der Waals surface area contributed by atoms with E-state index >= 15 is 0 Å². The minimum absolute atomic E-state index is 0.189. The smallest absolute Gasteiger partial charge is 0.279 e. The lowest BCUT2D eigenvalue weighted by Crippen LogP contribution is -2.45. The molecule has 1 saturated heterocycles. The molecule has 2 heterocycles. The third kappa shape index (κ3) is 5.41. The summed E-state index contributed by atoms with van der Waals surface area (Å²) in [6.45, 7) is 3.40. The second kappa shape index (κ2) is 8.69. The monoisotopic (exact) mass is 391 g/mol. The van der Waals surface area contributed by atoms with Gasteiger partial charge in [0.05, 0.1) is 7.11 Å². The number of nitrogens with one attached hydrogen (secondary N) is 1. The van der Waals surface area contributed by atoms with Crippen LogP contribution in [0.15, 0.2) is 42.6 Å². The summed E-state index contributed by atoms with van der Waals surface area (Å²) in [7, 11) is -1.88. The van der Waals surface area contributed by atoms with E-state index in [-0.39, 0.29) is 6.54 Å². The predicted octanol–water partition coefficient (Wildman–Crippen LogP) is 2.95. The van der Waals surface area contributed by atoms with Crippen molar-refractivity contribution in [1.29, 1.82) is 0 Å². The van der Waals surface area contributed by atoms with Crippen molar-refractivity contribution in [2.45, 2.75) is 26.3 Å². The van der Waals surface area contributed by atoms with Crippen molar-refractivity contribution in [3.05, 3.63) is 48.2 Å². The third-order valence-corrected chi connectivity index (χ3v) is 6.02. The molecular formula is C19H25N3O4S. The molecule has 1 atom stereocenters. The Labute approximate surface area is 160 Å². The Balaban J connectivity index is 1.61. The summed E-state index contributed by atoms with van der Waals surface area (Å²) in [5.41, 5.74) is 0.780. The Morgan fingerprint density at radius 2 is 1.96 bits per heavy atom. The van der Waals surface area contributed by atoms with Gasteiger partial charge in [0, 0.05) is 31.9 Å². The van der Waals surface area contributed by atoms with E-state index in [0.717, 1.165) is 24.2 Å². The van der Waals surface area contributed by atoms with E-state index in [1.54, 1.807) is 49.7 Å². The molecule has 3 rings (SSSR count). The maximum Gasteiger partial charge on any atom is 0.279 e. The highest BCUT2D eigenvalue weighted by molar-refractivity contribution is 7.87. The predicted molar refractivity (Wildman–Crippen MR) is 103 cm³/mol. The first-order valence-corrected chi connectivity index (χ1v) is 10.4. The van der Waals surface area contributed by atoms with E-state index in [1.807, 2.05) is 0 Å². The first-order valence-electron chi connectivity index (χ1n) is 8.98. The highest BCUT2D eigenvalue weighted by atomic mass is 32.2. The molecule has 1 aliphatic heterocycles. The van der Waals surface area contributed by atoms with Gasteiger partial charge < -0.3 is 9.47 Å². The van der Waals surface area contributed by atoms with Gasteiger partial charge in [-0.05, 0) is 54.7 Å². The van der Waals surface area contributed by atoms with Crippen LogP contribution in [0.25, 0.3) is 0 Å². The first kappa shape index (κ1) is 19.6. The van der Waals surface area contributed by atoms with Gasteiger partial charge in [0.1, 0.15) is 11.5 Å². The summed E-state index contributed by atoms with van der Waals surface area (Å²) < 4.78 is 40.0. The Hall–Kier alpha value is -2.16. The van der Waals surface area contributed by atoms with Crippen LogP contribution in [0.1, 0.15) is 25.3 Å². The molecule has 0 spiro atoms. The third-order valence-electron chi connectivity index (χ3n) is 4.50. The molecule has 7 nitrogen and oxygen atoms in total. The normalized spacial score (nSPS) is 18.2. The Bertz CT molecular complexity index is 856. The SMILES string of the molecule is COc1ccc(Oc2cc(CNS(=O)(=O)N3CCC[C@H](C)C3)ccn2)cc1. The molecule has 0 bridgehead atoms. The lowest BCUT2D eigenvalue weighted by molar-refractivity contribution is 0.278. The van der Waals surface area contributed by atoms with Crippen LogP contribution in [-0.4, -0.2) is 37.9 Å². The van der Waals surface area contributed by atoms with Crippen molar-refractivity contribution in [1.82, 2.24) is 14.0 Å². The topological polar surface area (TPSA) is 80.8 Å². The summed E-state index contributed by atoms with van der Waals surface area (Å²) in [6.07, 6.45) is 3.57. The molecule has 0 aliphatic carbocycles. The molecule has 27 heavy (non-hydrogen) atoms. The van der Waals surface area contributed by atoms with Crippen LogP contribution in [0.4, 0.5) is 0 Å². The number of methoxy groups -OCH3 is 1. The summed E-state index contributed by atoms with van der Waals surface area (Å²) in [5.74, 6) is 2.16. The van der Waals surface area contributed by atoms with Crippen molar-refractivity contribution < 1.29 is 17.9 Å². The van der Waals surface area contributed by atoms with Crippen LogP contribution in [0, 0.1) is 5.92 Å². The number of hydrogen-bond acceptors (Lipinski definition) is 5. The van der Waals surface area contributed by atoms with Crippen LogP contribution in [0.5, 0.6) is 17.4 Å². The number of rotatable bonds is 7. The number of aromatic nitrogens is 1. The van der Waals surface area contributed by atoms with E-state index < -0.39 is 10.2 Å². The molecule has 146 valence electrons. The highest BCUT2D eigenvalue weighted by Crippen LogP contribution is 2.23. The van der Waals surface area contributed by atoms with Gasteiger partial charge in [0.15, 0.2) is 0 Å². The first-order chi connectivity index (χ1) is 13.0. The quantitative estimate of drug-likeness (QED) is 0.785.